The van der Waals surface area contributed by atoms with E-state index in [4.69, 9.17) is 0 Å². The van der Waals surface area contributed by atoms with Gasteiger partial charge in [-0.25, -0.2) is 0 Å². The van der Waals surface area contributed by atoms with Crippen molar-refractivity contribution >= 4 is 27.4 Å². The summed E-state index contributed by atoms with van der Waals surface area (Å²) >= 11 is 3.03. The molecule has 1 atom stereocenters. The Kier molecular flexibility index (Phi) is 5.38. The number of carbonyl (C=O) groups is 1. The number of halogens is 1. The van der Waals surface area contributed by atoms with Crippen LogP contribution in [0.4, 0.5) is 5.69 Å². The van der Waals surface area contributed by atoms with E-state index in [1.807, 2.05) is 0 Å². The topological polar surface area (TPSA) is 80.4 Å². The van der Waals surface area contributed by atoms with Gasteiger partial charge in [-0.1, -0.05) is 41.9 Å². The van der Waals surface area contributed by atoms with Crippen LogP contribution in [-0.4, -0.2) is 15.8 Å². The van der Waals surface area contributed by atoms with E-state index in [0.29, 0.717) is 0 Å². The highest BCUT2D eigenvalue weighted by Crippen LogP contribution is 2.31. The molecule has 0 bridgehead atoms. The lowest BCUT2D eigenvalue weighted by molar-refractivity contribution is -0.386. The summed E-state index contributed by atoms with van der Waals surface area (Å²) < 4.78 is 0. The number of Topliss-reactive ketones (excluding diaryl/α,β-unsaturated/α-hetero) is 1. The van der Waals surface area contributed by atoms with Crippen LogP contribution in [0.1, 0.15) is 25.5 Å². The first-order valence-corrected chi connectivity index (χ1v) is 6.57. The van der Waals surface area contributed by atoms with E-state index in [1.165, 1.54) is 23.2 Å². The van der Waals surface area contributed by atoms with Gasteiger partial charge in [0.15, 0.2) is 5.78 Å². The lowest BCUT2D eigenvalue weighted by atomic mass is 9.93. The number of hydrogen-bond donors (Lipinski definition) is 1. The minimum Gasteiger partial charge on any atom is -0.383 e. The molecule has 0 amide bonds. The van der Waals surface area contributed by atoms with E-state index in [1.54, 1.807) is 19.9 Å². The minimum atomic E-state index is -1.32. The van der Waals surface area contributed by atoms with Gasteiger partial charge in [-0.15, -0.1) is 0 Å². The third-order valence-corrected chi connectivity index (χ3v) is 3.14. The molecule has 1 aromatic rings. The Bertz CT molecular complexity index is 525. The summed E-state index contributed by atoms with van der Waals surface area (Å²) in [6, 6.07) is 5.82. The molecule has 0 saturated heterocycles. The highest BCUT2D eigenvalue weighted by atomic mass is 79.9. The van der Waals surface area contributed by atoms with Gasteiger partial charge in [-0.3, -0.25) is 14.9 Å². The molecule has 0 aliphatic carbocycles. The molecule has 19 heavy (non-hydrogen) atoms. The number of rotatable bonds is 5. The van der Waals surface area contributed by atoms with Gasteiger partial charge in [0.2, 0.25) is 0 Å². The lowest BCUT2D eigenvalue weighted by Crippen LogP contribution is -2.17. The summed E-state index contributed by atoms with van der Waals surface area (Å²) in [7, 11) is 0. The summed E-state index contributed by atoms with van der Waals surface area (Å²) in [6.45, 7) is 3.40. The summed E-state index contributed by atoms with van der Waals surface area (Å²) in [4.78, 5) is 23.6. The maximum atomic E-state index is 11.9. The van der Waals surface area contributed by atoms with Gasteiger partial charge in [0.1, 0.15) is 6.10 Å². The maximum absolute atomic E-state index is 11.9. The number of carbonyl (C=O) groups excluding carboxylic acids is 1. The van der Waals surface area contributed by atoms with E-state index in [9.17, 15) is 20.0 Å². The molecule has 102 valence electrons. The van der Waals surface area contributed by atoms with Gasteiger partial charge < -0.3 is 5.11 Å². The van der Waals surface area contributed by atoms with Gasteiger partial charge in [-0.2, -0.15) is 0 Å². The van der Waals surface area contributed by atoms with Crippen LogP contribution in [0.2, 0.25) is 0 Å². The normalized spacial score (nSPS) is 13.4. The second kappa shape index (κ2) is 6.58. The van der Waals surface area contributed by atoms with Crippen molar-refractivity contribution in [3.63, 3.8) is 0 Å². The van der Waals surface area contributed by atoms with Gasteiger partial charge in [0, 0.05) is 17.6 Å². The largest absolute Gasteiger partial charge is 0.383 e. The van der Waals surface area contributed by atoms with Crippen molar-refractivity contribution in [3.05, 3.63) is 50.5 Å². The number of para-hydroxylation sites is 1. The Morgan fingerprint density at radius 3 is 2.47 bits per heavy atom. The van der Waals surface area contributed by atoms with Crippen LogP contribution in [0.5, 0.6) is 0 Å². The number of hydrogen-bond acceptors (Lipinski definition) is 4. The third-order valence-electron chi connectivity index (χ3n) is 2.65. The molecule has 0 aliphatic rings. The van der Waals surface area contributed by atoms with Crippen LogP contribution in [0.15, 0.2) is 34.8 Å². The Hall–Kier alpha value is -1.53. The number of benzene rings is 1. The fraction of sp³-hybridized carbons (Fsp3) is 0.308. The van der Waals surface area contributed by atoms with E-state index in [-0.39, 0.29) is 28.5 Å². The monoisotopic (exact) mass is 327 g/mol. The smallest absolute Gasteiger partial charge is 0.275 e. The molecule has 1 rings (SSSR count). The van der Waals surface area contributed by atoms with Gasteiger partial charge in [0.25, 0.3) is 5.69 Å². The zero-order valence-electron chi connectivity index (χ0n) is 10.5. The van der Waals surface area contributed by atoms with Crippen LogP contribution in [0.3, 0.4) is 0 Å². The summed E-state index contributed by atoms with van der Waals surface area (Å²) in [5.74, 6) is -0.566. The van der Waals surface area contributed by atoms with Gasteiger partial charge in [-0.05, 0) is 11.1 Å². The van der Waals surface area contributed by atoms with E-state index >= 15 is 0 Å². The zero-order valence-corrected chi connectivity index (χ0v) is 12.1. The minimum absolute atomic E-state index is 0.101. The highest BCUT2D eigenvalue weighted by molar-refractivity contribution is 9.11. The van der Waals surface area contributed by atoms with Crippen molar-refractivity contribution in [1.29, 1.82) is 0 Å². The molecule has 6 heteroatoms. The van der Waals surface area contributed by atoms with Crippen LogP contribution in [0.25, 0.3) is 0 Å². The number of nitrogens with zero attached hydrogens (tertiary/aromatic N) is 1. The molecule has 0 aliphatic heterocycles. The Labute approximate surface area is 119 Å². The molecule has 0 heterocycles. The molecule has 0 spiro atoms. The predicted molar refractivity (Wildman–Crippen MR) is 74.9 cm³/mol. The van der Waals surface area contributed by atoms with Crippen molar-refractivity contribution in [1.82, 2.24) is 0 Å². The van der Waals surface area contributed by atoms with Crippen molar-refractivity contribution in [2.45, 2.75) is 20.0 Å². The predicted octanol–water partition coefficient (Wildman–Crippen LogP) is 3.13. The Balaban J connectivity index is 3.23. The molecule has 5 nitrogen and oxygen atoms in total. The molecule has 0 saturated carbocycles. The second-order valence-electron chi connectivity index (χ2n) is 4.30. The summed E-state index contributed by atoms with van der Waals surface area (Å²) in [6.07, 6.45) is -1.32. The molecule has 0 fully saturated rings. The van der Waals surface area contributed by atoms with E-state index in [0.717, 1.165) is 0 Å². The second-order valence-corrected chi connectivity index (χ2v) is 4.76. The van der Waals surface area contributed by atoms with Gasteiger partial charge >= 0.3 is 0 Å². The molecule has 0 aromatic heterocycles. The Morgan fingerprint density at radius 2 is 2.00 bits per heavy atom. The fourth-order valence-corrected chi connectivity index (χ4v) is 2.11. The van der Waals surface area contributed by atoms with Crippen LogP contribution in [0, 0.1) is 16.0 Å². The Morgan fingerprint density at radius 1 is 1.42 bits per heavy atom. The highest BCUT2D eigenvalue weighted by Gasteiger charge is 2.27. The third kappa shape index (κ3) is 3.48. The molecule has 0 radical (unpaired) electrons. The van der Waals surface area contributed by atoms with Crippen molar-refractivity contribution < 1.29 is 14.8 Å². The quantitative estimate of drug-likeness (QED) is 0.511. The van der Waals surface area contributed by atoms with E-state index in [2.05, 4.69) is 15.9 Å². The summed E-state index contributed by atoms with van der Waals surface area (Å²) in [5.41, 5.74) is -0.00472. The number of nitro benzene ring substituents is 1. The first kappa shape index (κ1) is 15.5. The van der Waals surface area contributed by atoms with Crippen molar-refractivity contribution in [3.8, 4) is 0 Å². The number of ketones is 1. The SMILES string of the molecule is CC(C)C(=O)/C(=C/Br)C(O)c1ccccc1[N+](=O)[O-]. The molecule has 1 unspecified atom stereocenters. The molecule has 1 aromatic carbocycles. The van der Waals surface area contributed by atoms with Crippen LogP contribution in [-0.2, 0) is 4.79 Å². The first-order valence-electron chi connectivity index (χ1n) is 5.66. The average Bonchev–Trinajstić information content (AvgIpc) is 2.39. The van der Waals surface area contributed by atoms with Crippen molar-refractivity contribution in [2.24, 2.45) is 5.92 Å². The van der Waals surface area contributed by atoms with Gasteiger partial charge in [0.05, 0.1) is 10.5 Å². The maximum Gasteiger partial charge on any atom is 0.275 e. The summed E-state index contributed by atoms with van der Waals surface area (Å²) in [5, 5.41) is 21.1. The zero-order chi connectivity index (χ0) is 14.6. The average molecular weight is 328 g/mol. The first-order chi connectivity index (χ1) is 8.90. The number of aliphatic hydroxyl groups excluding tert-OH is 1. The number of aliphatic hydroxyl groups is 1. The molecular formula is C13H14BrNO4. The van der Waals surface area contributed by atoms with Crippen LogP contribution >= 0.6 is 15.9 Å². The standard InChI is InChI=1S/C13H14BrNO4/c1-8(2)12(16)10(7-14)13(17)9-5-3-4-6-11(9)15(18)19/h3-8,13,17H,1-2H3/b10-7-. The lowest BCUT2D eigenvalue weighted by Gasteiger charge is -2.15. The molecular weight excluding hydrogens is 314 g/mol. The van der Waals surface area contributed by atoms with Crippen molar-refractivity contribution in [2.75, 3.05) is 0 Å². The molecule has 1 N–H and O–H groups in total. The van der Waals surface area contributed by atoms with Crippen LogP contribution < -0.4 is 0 Å². The van der Waals surface area contributed by atoms with E-state index < -0.39 is 11.0 Å². The fourth-order valence-electron chi connectivity index (χ4n) is 1.63. The number of nitro groups is 1.